The summed E-state index contributed by atoms with van der Waals surface area (Å²) in [5.74, 6) is 0.298. The van der Waals surface area contributed by atoms with Crippen molar-refractivity contribution in [2.24, 2.45) is 0 Å². The first kappa shape index (κ1) is 8.98. The molecule has 2 aromatic heterocycles. The van der Waals surface area contributed by atoms with Crippen LogP contribution in [-0.2, 0) is 6.18 Å². The summed E-state index contributed by atoms with van der Waals surface area (Å²) >= 11 is 0. The Labute approximate surface area is 76.6 Å². The van der Waals surface area contributed by atoms with E-state index in [1.54, 1.807) is 6.92 Å². The van der Waals surface area contributed by atoms with Crippen LogP contribution in [0.2, 0.25) is 0 Å². The molecule has 6 heteroatoms. The molecule has 2 aromatic rings. The van der Waals surface area contributed by atoms with Crippen molar-refractivity contribution in [1.82, 2.24) is 9.97 Å². The third kappa shape index (κ3) is 1.43. The molecule has 0 bridgehead atoms. The van der Waals surface area contributed by atoms with Crippen LogP contribution >= 0.6 is 0 Å². The molecular formula is C8H5F3N2O. The van der Waals surface area contributed by atoms with Crippen LogP contribution in [0.3, 0.4) is 0 Å². The summed E-state index contributed by atoms with van der Waals surface area (Å²) in [6, 6.07) is 2.12. The Hall–Kier alpha value is -1.59. The normalized spacial score (nSPS) is 12.3. The van der Waals surface area contributed by atoms with Crippen LogP contribution in [0.15, 0.2) is 16.5 Å². The fourth-order valence-corrected chi connectivity index (χ4v) is 1.08. The maximum atomic E-state index is 12.2. The molecule has 0 aromatic carbocycles. The predicted molar refractivity (Wildman–Crippen MR) is 41.5 cm³/mol. The lowest BCUT2D eigenvalue weighted by atomic mass is 10.3. The van der Waals surface area contributed by atoms with Gasteiger partial charge in [-0.1, -0.05) is 0 Å². The minimum atomic E-state index is -4.45. The topological polar surface area (TPSA) is 38.9 Å². The first-order chi connectivity index (χ1) is 6.47. The zero-order valence-electron chi connectivity index (χ0n) is 7.09. The Balaban J connectivity index is 2.62. The van der Waals surface area contributed by atoms with E-state index in [4.69, 9.17) is 4.42 Å². The first-order valence-corrected chi connectivity index (χ1v) is 3.78. The lowest BCUT2D eigenvalue weighted by molar-refractivity contribution is -0.141. The molecule has 0 N–H and O–H groups in total. The van der Waals surface area contributed by atoms with Crippen molar-refractivity contribution in [2.45, 2.75) is 13.1 Å². The second-order valence-corrected chi connectivity index (χ2v) is 2.75. The van der Waals surface area contributed by atoms with E-state index in [0.717, 1.165) is 6.07 Å². The molecule has 74 valence electrons. The number of hydrogen-bond donors (Lipinski definition) is 0. The molecule has 0 radical (unpaired) electrons. The second kappa shape index (κ2) is 2.70. The Kier molecular flexibility index (Phi) is 1.73. The van der Waals surface area contributed by atoms with Crippen LogP contribution in [0, 0.1) is 6.92 Å². The van der Waals surface area contributed by atoms with Crippen LogP contribution in [0.1, 0.15) is 11.6 Å². The molecule has 0 unspecified atom stereocenters. The maximum absolute atomic E-state index is 12.2. The Bertz CT molecular complexity index is 475. The summed E-state index contributed by atoms with van der Waals surface area (Å²) < 4.78 is 41.5. The molecule has 0 fully saturated rings. The largest absolute Gasteiger partial charge is 0.433 e. The number of aryl methyl sites for hydroxylation is 1. The van der Waals surface area contributed by atoms with E-state index in [0.29, 0.717) is 11.4 Å². The molecule has 3 nitrogen and oxygen atoms in total. The van der Waals surface area contributed by atoms with Gasteiger partial charge in [0.1, 0.15) is 11.2 Å². The number of aromatic nitrogens is 2. The number of nitrogens with zero attached hydrogens (tertiary/aromatic N) is 2. The molecule has 2 rings (SSSR count). The lowest BCUT2D eigenvalue weighted by Crippen LogP contribution is -2.07. The standard InChI is InChI=1S/C8H5F3N2O/c1-4-12-5-2-3-6(8(9,10)11)13-7(5)14-4/h2-3H,1H3. The Morgan fingerprint density at radius 3 is 2.57 bits per heavy atom. The van der Waals surface area contributed by atoms with Crippen LogP contribution < -0.4 is 0 Å². The van der Waals surface area contributed by atoms with E-state index in [-0.39, 0.29) is 5.71 Å². The number of oxazole rings is 1. The molecular weight excluding hydrogens is 197 g/mol. The average Bonchev–Trinajstić information content (AvgIpc) is 2.41. The highest BCUT2D eigenvalue weighted by atomic mass is 19.4. The number of fused-ring (bicyclic) bond motifs is 1. The molecule has 0 aliphatic rings. The average molecular weight is 202 g/mol. The van der Waals surface area contributed by atoms with Gasteiger partial charge in [0.25, 0.3) is 0 Å². The van der Waals surface area contributed by atoms with Crippen LogP contribution in [0.5, 0.6) is 0 Å². The van der Waals surface area contributed by atoms with Gasteiger partial charge in [-0.05, 0) is 12.1 Å². The summed E-state index contributed by atoms with van der Waals surface area (Å²) in [5.41, 5.74) is -0.728. The van der Waals surface area contributed by atoms with Crippen molar-refractivity contribution in [1.29, 1.82) is 0 Å². The molecule has 0 saturated carbocycles. The van der Waals surface area contributed by atoms with Gasteiger partial charge in [0, 0.05) is 6.92 Å². The quantitative estimate of drug-likeness (QED) is 0.658. The molecule has 0 amide bonds. The maximum Gasteiger partial charge on any atom is 0.433 e. The predicted octanol–water partition coefficient (Wildman–Crippen LogP) is 2.55. The molecule has 0 atom stereocenters. The van der Waals surface area contributed by atoms with E-state index in [1.807, 2.05) is 0 Å². The van der Waals surface area contributed by atoms with Gasteiger partial charge in [-0.2, -0.15) is 13.2 Å². The molecule has 0 saturated heterocycles. The molecule has 0 aliphatic heterocycles. The fourth-order valence-electron chi connectivity index (χ4n) is 1.08. The van der Waals surface area contributed by atoms with E-state index in [9.17, 15) is 13.2 Å². The number of hydrogen-bond acceptors (Lipinski definition) is 3. The van der Waals surface area contributed by atoms with Crippen molar-refractivity contribution >= 4 is 11.2 Å². The van der Waals surface area contributed by atoms with Gasteiger partial charge in [-0.3, -0.25) is 0 Å². The minimum absolute atomic E-state index is 0.0858. The zero-order chi connectivity index (χ0) is 10.3. The van der Waals surface area contributed by atoms with Crippen molar-refractivity contribution in [3.8, 4) is 0 Å². The van der Waals surface area contributed by atoms with E-state index in [1.165, 1.54) is 6.07 Å². The number of rotatable bonds is 0. The van der Waals surface area contributed by atoms with E-state index < -0.39 is 11.9 Å². The second-order valence-electron chi connectivity index (χ2n) is 2.75. The van der Waals surface area contributed by atoms with Crippen molar-refractivity contribution < 1.29 is 17.6 Å². The molecule has 0 spiro atoms. The molecule has 14 heavy (non-hydrogen) atoms. The Morgan fingerprint density at radius 1 is 1.21 bits per heavy atom. The highest BCUT2D eigenvalue weighted by molar-refractivity contribution is 5.68. The van der Waals surface area contributed by atoms with Crippen molar-refractivity contribution in [2.75, 3.05) is 0 Å². The van der Waals surface area contributed by atoms with Crippen molar-refractivity contribution in [3.05, 3.63) is 23.7 Å². The SMILES string of the molecule is Cc1nc2ccc(C(F)(F)F)nc2o1. The third-order valence-corrected chi connectivity index (χ3v) is 1.65. The van der Waals surface area contributed by atoms with Gasteiger partial charge < -0.3 is 4.42 Å². The monoisotopic (exact) mass is 202 g/mol. The minimum Gasteiger partial charge on any atom is -0.423 e. The van der Waals surface area contributed by atoms with Gasteiger partial charge in [-0.15, -0.1) is 0 Å². The fraction of sp³-hybridized carbons (Fsp3) is 0.250. The summed E-state index contributed by atoms with van der Waals surface area (Å²) in [7, 11) is 0. The van der Waals surface area contributed by atoms with Gasteiger partial charge in [0.2, 0.25) is 5.71 Å². The number of halogens is 3. The zero-order valence-corrected chi connectivity index (χ0v) is 7.09. The summed E-state index contributed by atoms with van der Waals surface area (Å²) in [4.78, 5) is 7.15. The molecule has 0 aliphatic carbocycles. The van der Waals surface area contributed by atoms with Crippen LogP contribution in [0.25, 0.3) is 11.2 Å². The third-order valence-electron chi connectivity index (χ3n) is 1.65. The summed E-state index contributed by atoms with van der Waals surface area (Å²) in [6.07, 6.45) is -4.45. The van der Waals surface area contributed by atoms with E-state index >= 15 is 0 Å². The van der Waals surface area contributed by atoms with Gasteiger partial charge in [0.05, 0.1) is 0 Å². The van der Waals surface area contributed by atoms with Crippen molar-refractivity contribution in [3.63, 3.8) is 0 Å². The van der Waals surface area contributed by atoms with Gasteiger partial charge in [-0.25, -0.2) is 9.97 Å². The summed E-state index contributed by atoms with van der Waals surface area (Å²) in [6.45, 7) is 1.55. The summed E-state index contributed by atoms with van der Waals surface area (Å²) in [5, 5.41) is 0. The lowest BCUT2D eigenvalue weighted by Gasteiger charge is -2.03. The number of alkyl halides is 3. The van der Waals surface area contributed by atoms with Crippen LogP contribution in [0.4, 0.5) is 13.2 Å². The van der Waals surface area contributed by atoms with E-state index in [2.05, 4.69) is 9.97 Å². The highest BCUT2D eigenvalue weighted by Crippen LogP contribution is 2.28. The molecule has 2 heterocycles. The first-order valence-electron chi connectivity index (χ1n) is 3.78. The van der Waals surface area contributed by atoms with Gasteiger partial charge >= 0.3 is 6.18 Å². The smallest absolute Gasteiger partial charge is 0.423 e. The Morgan fingerprint density at radius 2 is 1.93 bits per heavy atom. The van der Waals surface area contributed by atoms with Crippen LogP contribution in [-0.4, -0.2) is 9.97 Å². The number of pyridine rings is 1. The highest BCUT2D eigenvalue weighted by Gasteiger charge is 2.32. The van der Waals surface area contributed by atoms with Gasteiger partial charge in [0.15, 0.2) is 5.89 Å².